The van der Waals surface area contributed by atoms with Crippen LogP contribution in [0.5, 0.6) is 0 Å². The van der Waals surface area contributed by atoms with Gasteiger partial charge in [-0.15, -0.1) is 0 Å². The molecule has 0 amide bonds. The number of Topliss-reactive ketones (excluding diaryl/α,β-unsaturated/α-hetero) is 1. The number of ketones is 1. The molecule has 0 spiro atoms. The van der Waals surface area contributed by atoms with Crippen molar-refractivity contribution in [3.8, 4) is 0 Å². The standard InChI is InChI=1S/C11H12F2O/c1-7-5-4-6-8(2)9(7)10(14)11(3,12)13/h4-6H,1-3H3. The summed E-state index contributed by atoms with van der Waals surface area (Å²) in [6.45, 7) is 3.94. The third-order valence-corrected chi connectivity index (χ3v) is 2.11. The second kappa shape index (κ2) is 3.48. The Morgan fingerprint density at radius 2 is 1.64 bits per heavy atom. The molecular formula is C11H12F2O. The highest BCUT2D eigenvalue weighted by molar-refractivity contribution is 6.03. The van der Waals surface area contributed by atoms with E-state index in [-0.39, 0.29) is 5.56 Å². The molecule has 0 N–H and O–H groups in total. The second-order valence-corrected chi connectivity index (χ2v) is 3.48. The van der Waals surface area contributed by atoms with Gasteiger partial charge in [0, 0.05) is 12.5 Å². The van der Waals surface area contributed by atoms with Gasteiger partial charge in [0.1, 0.15) is 0 Å². The molecule has 0 radical (unpaired) electrons. The summed E-state index contributed by atoms with van der Waals surface area (Å²) in [7, 11) is 0. The molecule has 0 atom stereocenters. The van der Waals surface area contributed by atoms with Gasteiger partial charge in [-0.05, 0) is 25.0 Å². The number of benzene rings is 1. The summed E-state index contributed by atoms with van der Waals surface area (Å²) in [5.74, 6) is -4.40. The topological polar surface area (TPSA) is 17.1 Å². The van der Waals surface area contributed by atoms with E-state index < -0.39 is 11.7 Å². The minimum Gasteiger partial charge on any atom is -0.287 e. The summed E-state index contributed by atoms with van der Waals surface area (Å²) in [4.78, 5) is 11.4. The van der Waals surface area contributed by atoms with Crippen molar-refractivity contribution < 1.29 is 13.6 Å². The highest BCUT2D eigenvalue weighted by atomic mass is 19.3. The van der Waals surface area contributed by atoms with Crippen LogP contribution in [0.15, 0.2) is 18.2 Å². The SMILES string of the molecule is Cc1cccc(C)c1C(=O)C(C)(F)F. The maximum absolute atomic E-state index is 12.8. The molecule has 1 aromatic rings. The Labute approximate surface area is 81.7 Å². The minimum atomic E-state index is -3.29. The van der Waals surface area contributed by atoms with Crippen LogP contribution in [-0.4, -0.2) is 11.7 Å². The number of halogens is 2. The highest BCUT2D eigenvalue weighted by Gasteiger charge is 2.34. The van der Waals surface area contributed by atoms with Crippen molar-refractivity contribution in [2.24, 2.45) is 0 Å². The Hall–Kier alpha value is -1.25. The van der Waals surface area contributed by atoms with Crippen molar-refractivity contribution in [3.63, 3.8) is 0 Å². The van der Waals surface area contributed by atoms with E-state index in [2.05, 4.69) is 0 Å². The van der Waals surface area contributed by atoms with Crippen molar-refractivity contribution in [1.82, 2.24) is 0 Å². The van der Waals surface area contributed by atoms with E-state index >= 15 is 0 Å². The van der Waals surface area contributed by atoms with Gasteiger partial charge in [-0.1, -0.05) is 18.2 Å². The molecule has 0 saturated carbocycles. The van der Waals surface area contributed by atoms with Crippen molar-refractivity contribution in [2.45, 2.75) is 26.7 Å². The summed E-state index contributed by atoms with van der Waals surface area (Å²) in [6.07, 6.45) is 0. The first-order valence-electron chi connectivity index (χ1n) is 4.33. The zero-order chi connectivity index (χ0) is 10.9. The Morgan fingerprint density at radius 1 is 1.21 bits per heavy atom. The maximum atomic E-state index is 12.8. The molecule has 1 rings (SSSR count). The number of rotatable bonds is 2. The molecule has 0 fully saturated rings. The fourth-order valence-electron chi connectivity index (χ4n) is 1.39. The fraction of sp³-hybridized carbons (Fsp3) is 0.364. The average Bonchev–Trinajstić information content (AvgIpc) is 2.01. The van der Waals surface area contributed by atoms with Gasteiger partial charge in [0.2, 0.25) is 5.78 Å². The predicted octanol–water partition coefficient (Wildman–Crippen LogP) is 3.14. The van der Waals surface area contributed by atoms with Crippen LogP contribution in [0.25, 0.3) is 0 Å². The van der Waals surface area contributed by atoms with Crippen LogP contribution in [0.3, 0.4) is 0 Å². The number of alkyl halides is 2. The van der Waals surface area contributed by atoms with Gasteiger partial charge in [0.05, 0.1) is 0 Å². The first-order chi connectivity index (χ1) is 6.34. The first-order valence-corrected chi connectivity index (χ1v) is 4.33. The molecule has 0 bridgehead atoms. The van der Waals surface area contributed by atoms with Crippen LogP contribution < -0.4 is 0 Å². The van der Waals surface area contributed by atoms with Crippen LogP contribution in [0.1, 0.15) is 28.4 Å². The lowest BCUT2D eigenvalue weighted by molar-refractivity contribution is 0.0220. The summed E-state index contributed by atoms with van der Waals surface area (Å²) in [6, 6.07) is 5.06. The summed E-state index contributed by atoms with van der Waals surface area (Å²) < 4.78 is 25.6. The Kier molecular flexibility index (Phi) is 2.69. The zero-order valence-electron chi connectivity index (χ0n) is 8.40. The third kappa shape index (κ3) is 1.97. The van der Waals surface area contributed by atoms with E-state index in [1.807, 2.05) is 0 Å². The highest BCUT2D eigenvalue weighted by Crippen LogP contribution is 2.23. The van der Waals surface area contributed by atoms with Gasteiger partial charge >= 0.3 is 5.92 Å². The van der Waals surface area contributed by atoms with Gasteiger partial charge in [0.25, 0.3) is 0 Å². The number of hydrogen-bond acceptors (Lipinski definition) is 1. The second-order valence-electron chi connectivity index (χ2n) is 3.48. The fourth-order valence-corrected chi connectivity index (χ4v) is 1.39. The van der Waals surface area contributed by atoms with Crippen molar-refractivity contribution in [2.75, 3.05) is 0 Å². The van der Waals surface area contributed by atoms with Crippen molar-refractivity contribution in [1.29, 1.82) is 0 Å². The monoisotopic (exact) mass is 198 g/mol. The molecule has 0 saturated heterocycles. The quantitative estimate of drug-likeness (QED) is 0.667. The number of carbonyl (C=O) groups is 1. The summed E-state index contributed by atoms with van der Waals surface area (Å²) >= 11 is 0. The molecule has 0 heterocycles. The van der Waals surface area contributed by atoms with Crippen LogP contribution in [0, 0.1) is 13.8 Å². The first kappa shape index (κ1) is 10.8. The van der Waals surface area contributed by atoms with E-state index in [1.165, 1.54) is 0 Å². The van der Waals surface area contributed by atoms with E-state index in [1.54, 1.807) is 32.0 Å². The molecule has 0 aromatic heterocycles. The van der Waals surface area contributed by atoms with Gasteiger partial charge < -0.3 is 0 Å². The third-order valence-electron chi connectivity index (χ3n) is 2.11. The van der Waals surface area contributed by atoms with E-state index in [0.29, 0.717) is 18.1 Å². The molecule has 0 aliphatic carbocycles. The molecular weight excluding hydrogens is 186 g/mol. The number of hydrogen-bond donors (Lipinski definition) is 0. The largest absolute Gasteiger partial charge is 0.307 e. The van der Waals surface area contributed by atoms with Crippen LogP contribution in [-0.2, 0) is 0 Å². The van der Waals surface area contributed by atoms with Crippen molar-refractivity contribution in [3.05, 3.63) is 34.9 Å². The predicted molar refractivity (Wildman–Crippen MR) is 50.9 cm³/mol. The summed E-state index contributed by atoms with van der Waals surface area (Å²) in [5, 5.41) is 0. The lowest BCUT2D eigenvalue weighted by Crippen LogP contribution is -2.25. The van der Waals surface area contributed by atoms with E-state index in [4.69, 9.17) is 0 Å². The number of aryl methyl sites for hydroxylation is 2. The van der Waals surface area contributed by atoms with Crippen LogP contribution in [0.2, 0.25) is 0 Å². The molecule has 0 aliphatic heterocycles. The number of carbonyl (C=O) groups excluding carboxylic acids is 1. The van der Waals surface area contributed by atoms with Gasteiger partial charge in [-0.2, -0.15) is 8.78 Å². The lowest BCUT2D eigenvalue weighted by atomic mass is 9.96. The summed E-state index contributed by atoms with van der Waals surface area (Å²) in [5.41, 5.74) is 1.33. The molecule has 1 nitrogen and oxygen atoms in total. The Morgan fingerprint density at radius 3 is 2.00 bits per heavy atom. The van der Waals surface area contributed by atoms with Gasteiger partial charge in [0.15, 0.2) is 0 Å². The van der Waals surface area contributed by atoms with Gasteiger partial charge in [-0.25, -0.2) is 0 Å². The van der Waals surface area contributed by atoms with Crippen LogP contribution >= 0.6 is 0 Å². The minimum absolute atomic E-state index is 0.139. The molecule has 3 heteroatoms. The maximum Gasteiger partial charge on any atom is 0.307 e. The molecule has 14 heavy (non-hydrogen) atoms. The molecule has 0 aliphatic rings. The molecule has 1 aromatic carbocycles. The lowest BCUT2D eigenvalue weighted by Gasteiger charge is -2.13. The van der Waals surface area contributed by atoms with Crippen molar-refractivity contribution >= 4 is 5.78 Å². The van der Waals surface area contributed by atoms with E-state index in [9.17, 15) is 13.6 Å². The van der Waals surface area contributed by atoms with Crippen LogP contribution in [0.4, 0.5) is 8.78 Å². The van der Waals surface area contributed by atoms with E-state index in [0.717, 1.165) is 0 Å². The van der Waals surface area contributed by atoms with Gasteiger partial charge in [-0.3, -0.25) is 4.79 Å². The zero-order valence-corrected chi connectivity index (χ0v) is 8.40. The Balaban J connectivity index is 3.26. The average molecular weight is 198 g/mol. The molecule has 76 valence electrons. The smallest absolute Gasteiger partial charge is 0.287 e. The normalized spacial score (nSPS) is 11.5. The Bertz CT molecular complexity index is 344. The molecule has 0 unspecified atom stereocenters.